The van der Waals surface area contributed by atoms with E-state index in [1.54, 1.807) is 36.4 Å². The van der Waals surface area contributed by atoms with Crippen molar-refractivity contribution in [2.24, 2.45) is 0 Å². The fourth-order valence-corrected chi connectivity index (χ4v) is 2.78. The van der Waals surface area contributed by atoms with E-state index >= 15 is 0 Å². The molecule has 2 aromatic rings. The Hall–Kier alpha value is -3.02. The van der Waals surface area contributed by atoms with Gasteiger partial charge in [-0.2, -0.15) is 0 Å². The molecule has 0 heterocycles. The van der Waals surface area contributed by atoms with Crippen LogP contribution in [0.1, 0.15) is 49.5 Å². The number of carbonyl (C=O) groups excluding carboxylic acids is 2. The molecule has 0 fully saturated rings. The van der Waals surface area contributed by atoms with E-state index in [4.69, 9.17) is 14.2 Å². The topological polar surface area (TPSA) is 82.1 Å². The van der Waals surface area contributed by atoms with Gasteiger partial charge in [-0.25, -0.2) is 0 Å². The van der Waals surface area contributed by atoms with E-state index in [1.807, 2.05) is 6.92 Å². The summed E-state index contributed by atoms with van der Waals surface area (Å²) >= 11 is 0. The first kappa shape index (κ1) is 22.3. The normalized spacial score (nSPS) is 10.4. The maximum absolute atomic E-state index is 11.6. The molecule has 0 atom stereocenters. The number of Topliss-reactive ketones (excluding diaryl/α,β-unsaturated/α-hetero) is 2. The highest BCUT2D eigenvalue weighted by Crippen LogP contribution is 2.33. The third-order valence-corrected chi connectivity index (χ3v) is 4.20. The highest BCUT2D eigenvalue weighted by atomic mass is 16.5. The van der Waals surface area contributed by atoms with E-state index in [0.29, 0.717) is 54.4 Å². The molecule has 0 aliphatic heterocycles. The smallest absolute Gasteiger partial charge is 0.167 e. The number of phenolic OH excluding ortho intramolecular Hbond substituents is 1. The number of aromatic hydroxyl groups is 1. The van der Waals surface area contributed by atoms with Gasteiger partial charge in [0.15, 0.2) is 11.6 Å². The van der Waals surface area contributed by atoms with Crippen LogP contribution in [0.2, 0.25) is 0 Å². The van der Waals surface area contributed by atoms with Crippen molar-refractivity contribution in [1.82, 2.24) is 0 Å². The lowest BCUT2D eigenvalue weighted by Crippen LogP contribution is -2.07. The molecule has 1 N–H and O–H groups in total. The van der Waals surface area contributed by atoms with Gasteiger partial charge in [0.25, 0.3) is 0 Å². The number of phenols is 1. The zero-order chi connectivity index (χ0) is 21.2. The van der Waals surface area contributed by atoms with Crippen molar-refractivity contribution in [3.63, 3.8) is 0 Å². The molecule has 6 heteroatoms. The summed E-state index contributed by atoms with van der Waals surface area (Å²) in [5.74, 6) is 1.74. The molecule has 0 aromatic heterocycles. The number of carbonyl (C=O) groups is 2. The number of ketones is 2. The fourth-order valence-electron chi connectivity index (χ4n) is 2.78. The third kappa shape index (κ3) is 6.82. The lowest BCUT2D eigenvalue weighted by Gasteiger charge is -2.15. The van der Waals surface area contributed by atoms with Gasteiger partial charge in [-0.15, -0.1) is 0 Å². The number of hydrogen-bond donors (Lipinski definition) is 1. The molecule has 0 aliphatic carbocycles. The van der Waals surface area contributed by atoms with Gasteiger partial charge in [-0.3, -0.25) is 9.59 Å². The van der Waals surface area contributed by atoms with Crippen molar-refractivity contribution >= 4 is 11.6 Å². The zero-order valence-corrected chi connectivity index (χ0v) is 17.2. The van der Waals surface area contributed by atoms with Gasteiger partial charge < -0.3 is 19.3 Å². The highest BCUT2D eigenvalue weighted by Gasteiger charge is 2.15. The largest absolute Gasteiger partial charge is 0.507 e. The van der Waals surface area contributed by atoms with Crippen LogP contribution in [-0.2, 0) is 11.2 Å². The van der Waals surface area contributed by atoms with Gasteiger partial charge in [0.1, 0.15) is 29.6 Å². The number of rotatable bonds is 12. The lowest BCUT2D eigenvalue weighted by atomic mass is 10.0. The Morgan fingerprint density at radius 1 is 0.897 bits per heavy atom. The Labute approximate surface area is 171 Å². The second-order valence-corrected chi connectivity index (χ2v) is 6.76. The predicted molar refractivity (Wildman–Crippen MR) is 110 cm³/mol. The molecule has 0 saturated heterocycles. The van der Waals surface area contributed by atoms with Crippen molar-refractivity contribution in [2.45, 2.75) is 40.0 Å². The summed E-state index contributed by atoms with van der Waals surface area (Å²) in [5, 5.41) is 10.4. The number of ether oxygens (including phenoxy) is 3. The van der Waals surface area contributed by atoms with Crippen LogP contribution in [-0.4, -0.2) is 36.5 Å². The summed E-state index contributed by atoms with van der Waals surface area (Å²) in [4.78, 5) is 22.5. The van der Waals surface area contributed by atoms with E-state index in [2.05, 4.69) is 0 Å². The van der Waals surface area contributed by atoms with E-state index in [1.165, 1.54) is 13.8 Å². The Morgan fingerprint density at radius 3 is 2.10 bits per heavy atom. The summed E-state index contributed by atoms with van der Waals surface area (Å²) in [5.41, 5.74) is 0.988. The zero-order valence-electron chi connectivity index (χ0n) is 17.2. The SMILES string of the molecule is CCCc1c(OCCCOc2ccc(OCC(C)=O)cc2)ccc(C(C)=O)c1O. The Morgan fingerprint density at radius 2 is 1.52 bits per heavy atom. The second-order valence-electron chi connectivity index (χ2n) is 6.76. The van der Waals surface area contributed by atoms with Crippen LogP contribution in [0.25, 0.3) is 0 Å². The first-order valence-corrected chi connectivity index (χ1v) is 9.76. The van der Waals surface area contributed by atoms with Crippen LogP contribution in [0.15, 0.2) is 36.4 Å². The lowest BCUT2D eigenvalue weighted by molar-refractivity contribution is -0.118. The summed E-state index contributed by atoms with van der Waals surface area (Å²) in [6.07, 6.45) is 2.13. The summed E-state index contributed by atoms with van der Waals surface area (Å²) in [6.45, 7) is 5.87. The van der Waals surface area contributed by atoms with E-state index in [0.717, 1.165) is 6.42 Å². The van der Waals surface area contributed by atoms with Crippen molar-refractivity contribution in [3.05, 3.63) is 47.5 Å². The highest BCUT2D eigenvalue weighted by molar-refractivity contribution is 5.97. The summed E-state index contributed by atoms with van der Waals surface area (Å²) in [6, 6.07) is 10.4. The molecule has 29 heavy (non-hydrogen) atoms. The molecule has 0 aliphatic rings. The first-order chi connectivity index (χ1) is 13.9. The van der Waals surface area contributed by atoms with Crippen LogP contribution in [0.4, 0.5) is 0 Å². The quantitative estimate of drug-likeness (QED) is 0.421. The minimum Gasteiger partial charge on any atom is -0.507 e. The third-order valence-electron chi connectivity index (χ3n) is 4.20. The van der Waals surface area contributed by atoms with Gasteiger partial charge in [-0.1, -0.05) is 13.3 Å². The van der Waals surface area contributed by atoms with E-state index < -0.39 is 0 Å². The van der Waals surface area contributed by atoms with Crippen LogP contribution in [0.3, 0.4) is 0 Å². The van der Waals surface area contributed by atoms with Gasteiger partial charge in [0.05, 0.1) is 18.8 Å². The van der Waals surface area contributed by atoms with Gasteiger partial charge >= 0.3 is 0 Å². The Balaban J connectivity index is 1.82. The molecule has 0 bridgehead atoms. The molecule has 6 nitrogen and oxygen atoms in total. The van der Waals surface area contributed by atoms with E-state index in [-0.39, 0.29) is 23.9 Å². The second kappa shape index (κ2) is 11.1. The molecule has 0 amide bonds. The first-order valence-electron chi connectivity index (χ1n) is 9.76. The molecule has 0 saturated carbocycles. The summed E-state index contributed by atoms with van der Waals surface area (Å²) in [7, 11) is 0. The van der Waals surface area contributed by atoms with Crippen LogP contribution in [0.5, 0.6) is 23.0 Å². The molecular formula is C23H28O6. The number of benzene rings is 2. The minimum absolute atomic E-state index is 0.0141. The Kier molecular flexibility index (Phi) is 8.52. The van der Waals surface area contributed by atoms with Gasteiger partial charge in [0.2, 0.25) is 0 Å². The molecule has 0 radical (unpaired) electrons. The predicted octanol–water partition coefficient (Wildman–Crippen LogP) is 4.36. The van der Waals surface area contributed by atoms with Crippen molar-refractivity contribution in [3.8, 4) is 23.0 Å². The monoisotopic (exact) mass is 400 g/mol. The van der Waals surface area contributed by atoms with Crippen LogP contribution in [0, 0.1) is 0 Å². The van der Waals surface area contributed by atoms with Crippen molar-refractivity contribution in [2.75, 3.05) is 19.8 Å². The van der Waals surface area contributed by atoms with Crippen molar-refractivity contribution < 1.29 is 28.9 Å². The molecule has 156 valence electrons. The molecule has 2 aromatic carbocycles. The molecule has 0 unspecified atom stereocenters. The van der Waals surface area contributed by atoms with Crippen LogP contribution < -0.4 is 14.2 Å². The van der Waals surface area contributed by atoms with Crippen LogP contribution >= 0.6 is 0 Å². The molecule has 0 spiro atoms. The van der Waals surface area contributed by atoms with Gasteiger partial charge in [0, 0.05) is 12.0 Å². The minimum atomic E-state index is -0.169. The fraction of sp³-hybridized carbons (Fsp3) is 0.391. The summed E-state index contributed by atoms with van der Waals surface area (Å²) < 4.78 is 16.8. The van der Waals surface area contributed by atoms with Crippen molar-refractivity contribution in [1.29, 1.82) is 0 Å². The van der Waals surface area contributed by atoms with E-state index in [9.17, 15) is 14.7 Å². The average molecular weight is 400 g/mol. The molecule has 2 rings (SSSR count). The Bertz CT molecular complexity index is 826. The molecular weight excluding hydrogens is 372 g/mol. The standard InChI is InChI=1S/C23H28O6/c1-4-6-21-22(12-11-20(17(3)25)23(21)26)28-14-5-13-27-18-7-9-19(10-8-18)29-15-16(2)24/h7-12,26H,4-6,13-15H2,1-3H3. The maximum Gasteiger partial charge on any atom is 0.167 e. The van der Waals surface area contributed by atoms with Gasteiger partial charge in [-0.05, 0) is 56.7 Å². The average Bonchev–Trinajstić information content (AvgIpc) is 2.69. The number of hydrogen-bond acceptors (Lipinski definition) is 6. The maximum atomic E-state index is 11.6.